The fourth-order valence-corrected chi connectivity index (χ4v) is 4.58. The largest absolute Gasteiger partial charge is 0.332 e. The lowest BCUT2D eigenvalue weighted by atomic mass is 10.2. The highest BCUT2D eigenvalue weighted by Gasteiger charge is 2.17. The molecule has 3 aromatic carbocycles. The lowest BCUT2D eigenvalue weighted by molar-refractivity contribution is 0.252. The Balaban J connectivity index is 1.73. The van der Waals surface area contributed by atoms with Crippen LogP contribution in [0.15, 0.2) is 76.5 Å². The van der Waals surface area contributed by atoms with Crippen molar-refractivity contribution in [3.05, 3.63) is 77.3 Å². The van der Waals surface area contributed by atoms with Gasteiger partial charge in [-0.05, 0) is 73.7 Å². The SMILES string of the molecule is Cc1ccc(NC(=S)Nc2cc(S(=O)(=O)Nc3ccc(SC(F)F)cc3)ccc2Cl)cc1. The second-order valence-corrected chi connectivity index (χ2v) is 10.2. The molecule has 0 saturated heterocycles. The number of sulfonamides is 1. The molecule has 0 amide bonds. The third kappa shape index (κ3) is 6.80. The number of benzene rings is 3. The molecule has 3 N–H and O–H groups in total. The van der Waals surface area contributed by atoms with Gasteiger partial charge in [-0.2, -0.15) is 8.78 Å². The van der Waals surface area contributed by atoms with Gasteiger partial charge in [-0.3, -0.25) is 4.72 Å². The fourth-order valence-electron chi connectivity index (χ4n) is 2.61. The number of halogens is 3. The molecule has 0 unspecified atom stereocenters. The quantitative estimate of drug-likeness (QED) is 0.245. The van der Waals surface area contributed by atoms with E-state index < -0.39 is 15.8 Å². The van der Waals surface area contributed by atoms with Gasteiger partial charge in [0.25, 0.3) is 15.8 Å². The van der Waals surface area contributed by atoms with Crippen LogP contribution in [0, 0.1) is 6.92 Å². The van der Waals surface area contributed by atoms with Gasteiger partial charge in [0.05, 0.1) is 15.6 Å². The maximum atomic E-state index is 12.8. The van der Waals surface area contributed by atoms with Crippen molar-refractivity contribution in [2.75, 3.05) is 15.4 Å². The summed E-state index contributed by atoms with van der Waals surface area (Å²) in [5, 5.41) is 6.42. The Hall–Kier alpha value is -2.40. The summed E-state index contributed by atoms with van der Waals surface area (Å²) in [6.45, 7) is 1.97. The number of anilines is 3. The number of alkyl halides is 2. The van der Waals surface area contributed by atoms with Crippen LogP contribution >= 0.6 is 35.6 Å². The van der Waals surface area contributed by atoms with Crippen LogP contribution in [0.5, 0.6) is 0 Å². The van der Waals surface area contributed by atoms with Crippen LogP contribution in [-0.4, -0.2) is 19.3 Å². The summed E-state index contributed by atoms with van der Waals surface area (Å²) in [5.74, 6) is -2.55. The summed E-state index contributed by atoms with van der Waals surface area (Å²) in [4.78, 5) is 0.282. The molecule has 0 aliphatic rings. The van der Waals surface area contributed by atoms with E-state index in [9.17, 15) is 17.2 Å². The summed E-state index contributed by atoms with van der Waals surface area (Å²) in [6.07, 6.45) is 0. The van der Waals surface area contributed by atoms with E-state index in [2.05, 4.69) is 15.4 Å². The van der Waals surface area contributed by atoms with Crippen LogP contribution in [0.25, 0.3) is 0 Å². The van der Waals surface area contributed by atoms with Crippen molar-refractivity contribution < 1.29 is 17.2 Å². The Bertz CT molecular complexity index is 1210. The van der Waals surface area contributed by atoms with Gasteiger partial charge in [-0.15, -0.1) is 0 Å². The zero-order valence-electron chi connectivity index (χ0n) is 16.6. The van der Waals surface area contributed by atoms with Gasteiger partial charge in [0.1, 0.15) is 0 Å². The van der Waals surface area contributed by atoms with Gasteiger partial charge in [-0.25, -0.2) is 8.42 Å². The van der Waals surface area contributed by atoms with Crippen LogP contribution in [0.1, 0.15) is 5.56 Å². The first-order chi connectivity index (χ1) is 15.1. The minimum Gasteiger partial charge on any atom is -0.332 e. The first-order valence-corrected chi connectivity index (χ1v) is 12.3. The molecule has 0 radical (unpaired) electrons. The number of thiocarbonyl (C=S) groups is 1. The average Bonchev–Trinajstić information content (AvgIpc) is 2.72. The zero-order valence-corrected chi connectivity index (χ0v) is 19.8. The topological polar surface area (TPSA) is 70.2 Å². The molecule has 0 aliphatic carbocycles. The molecule has 5 nitrogen and oxygen atoms in total. The minimum atomic E-state index is -3.96. The Morgan fingerprint density at radius 2 is 1.59 bits per heavy atom. The van der Waals surface area contributed by atoms with Crippen LogP contribution < -0.4 is 15.4 Å². The van der Waals surface area contributed by atoms with Gasteiger partial charge in [-0.1, -0.05) is 41.1 Å². The molecular weight excluding hydrogens is 496 g/mol. The van der Waals surface area contributed by atoms with E-state index in [1.54, 1.807) is 0 Å². The van der Waals surface area contributed by atoms with Gasteiger partial charge < -0.3 is 10.6 Å². The van der Waals surface area contributed by atoms with Crippen LogP contribution in [0.3, 0.4) is 0 Å². The Morgan fingerprint density at radius 1 is 0.969 bits per heavy atom. The van der Waals surface area contributed by atoms with Crippen LogP contribution in [0.2, 0.25) is 5.02 Å². The van der Waals surface area contributed by atoms with E-state index in [4.69, 9.17) is 23.8 Å². The smallest absolute Gasteiger partial charge is 0.288 e. The number of nitrogens with one attached hydrogen (secondary N) is 3. The number of hydrogen-bond donors (Lipinski definition) is 3. The molecule has 0 bridgehead atoms. The molecular formula is C21H18ClF2N3O2S3. The molecule has 0 fully saturated rings. The van der Waals surface area contributed by atoms with Crippen molar-refractivity contribution in [1.29, 1.82) is 0 Å². The van der Waals surface area contributed by atoms with E-state index in [0.29, 0.717) is 22.3 Å². The van der Waals surface area contributed by atoms with E-state index in [1.165, 1.54) is 42.5 Å². The molecule has 0 aliphatic heterocycles. The number of aryl methyl sites for hydroxylation is 1. The van der Waals surface area contributed by atoms with Crippen molar-refractivity contribution in [2.24, 2.45) is 0 Å². The van der Waals surface area contributed by atoms with Gasteiger partial charge in [0, 0.05) is 16.3 Å². The molecule has 3 aromatic rings. The predicted molar refractivity (Wildman–Crippen MR) is 132 cm³/mol. The predicted octanol–water partition coefficient (Wildman–Crippen LogP) is 6.57. The highest BCUT2D eigenvalue weighted by Crippen LogP contribution is 2.29. The molecule has 3 rings (SSSR count). The monoisotopic (exact) mass is 513 g/mol. The summed E-state index contributed by atoms with van der Waals surface area (Å²) < 4.78 is 52.8. The molecule has 0 spiro atoms. The normalized spacial score (nSPS) is 11.3. The molecule has 11 heteroatoms. The molecule has 0 heterocycles. The third-order valence-electron chi connectivity index (χ3n) is 4.14. The fraction of sp³-hybridized carbons (Fsp3) is 0.0952. The Kier molecular flexibility index (Phi) is 7.94. The summed E-state index contributed by atoms with van der Waals surface area (Å²) in [6, 6.07) is 17.4. The zero-order chi connectivity index (χ0) is 23.3. The van der Waals surface area contributed by atoms with Crippen LogP contribution in [-0.2, 0) is 10.0 Å². The highest BCUT2D eigenvalue weighted by molar-refractivity contribution is 7.99. The van der Waals surface area contributed by atoms with Crippen molar-refractivity contribution >= 4 is 67.8 Å². The third-order valence-corrected chi connectivity index (χ3v) is 6.77. The number of hydrogen-bond acceptors (Lipinski definition) is 4. The van der Waals surface area contributed by atoms with Crippen molar-refractivity contribution in [3.8, 4) is 0 Å². The lowest BCUT2D eigenvalue weighted by Gasteiger charge is -2.14. The summed E-state index contributed by atoms with van der Waals surface area (Å²) >= 11 is 11.9. The second-order valence-electron chi connectivity index (χ2n) is 6.60. The van der Waals surface area contributed by atoms with Gasteiger partial charge in [0.15, 0.2) is 5.11 Å². The van der Waals surface area contributed by atoms with Crippen LogP contribution in [0.4, 0.5) is 25.8 Å². The van der Waals surface area contributed by atoms with Gasteiger partial charge >= 0.3 is 0 Å². The lowest BCUT2D eigenvalue weighted by Crippen LogP contribution is -2.20. The van der Waals surface area contributed by atoms with Crippen molar-refractivity contribution in [2.45, 2.75) is 22.5 Å². The minimum absolute atomic E-state index is 0.0476. The van der Waals surface area contributed by atoms with Gasteiger partial charge in [0.2, 0.25) is 0 Å². The van der Waals surface area contributed by atoms with E-state index in [-0.39, 0.29) is 20.7 Å². The molecule has 0 atom stereocenters. The van der Waals surface area contributed by atoms with E-state index in [1.807, 2.05) is 31.2 Å². The molecule has 32 heavy (non-hydrogen) atoms. The van der Waals surface area contributed by atoms with E-state index >= 15 is 0 Å². The summed E-state index contributed by atoms with van der Waals surface area (Å²) in [7, 11) is -3.96. The summed E-state index contributed by atoms with van der Waals surface area (Å²) in [5.41, 5.74) is 2.42. The first kappa shape index (κ1) is 24.2. The molecule has 168 valence electrons. The maximum Gasteiger partial charge on any atom is 0.288 e. The number of thioether (sulfide) groups is 1. The number of rotatable bonds is 7. The molecule has 0 aromatic heterocycles. The Labute approximate surface area is 199 Å². The van der Waals surface area contributed by atoms with E-state index in [0.717, 1.165) is 11.3 Å². The molecule has 0 saturated carbocycles. The van der Waals surface area contributed by atoms with Crippen molar-refractivity contribution in [1.82, 2.24) is 0 Å². The standard InChI is InChI=1S/C21H18ClF2N3O2S3/c1-13-2-4-14(5-3-13)25-21(30)26-19-12-17(10-11-18(19)22)32(28,29)27-15-6-8-16(9-7-15)31-20(23)24/h2-12,20,27H,1H3,(H2,25,26,30). The van der Waals surface area contributed by atoms with Crippen molar-refractivity contribution in [3.63, 3.8) is 0 Å². The average molecular weight is 514 g/mol. The maximum absolute atomic E-state index is 12.8. The highest BCUT2D eigenvalue weighted by atomic mass is 35.5. The Morgan fingerprint density at radius 3 is 2.22 bits per heavy atom. The first-order valence-electron chi connectivity index (χ1n) is 9.14. The second kappa shape index (κ2) is 10.5.